The molecule has 106 valence electrons. The highest BCUT2D eigenvalue weighted by atomic mass is 16.8. The van der Waals surface area contributed by atoms with Crippen molar-refractivity contribution in [3.8, 4) is 0 Å². The number of nitrogens with one attached hydrogen (secondary N) is 3. The van der Waals surface area contributed by atoms with E-state index in [-0.39, 0.29) is 11.8 Å². The number of nitro groups is 2. The molecular formula is C4H6N12O4. The van der Waals surface area contributed by atoms with Gasteiger partial charge in [-0.3, -0.25) is 5.10 Å². The molecule has 20 heavy (non-hydrogen) atoms. The number of hydrogen-bond acceptors (Lipinski definition) is 12. The SMILES string of the molecule is NC1=NC(NNN([N+](=O)[O-])[N+](=O)[O-])(c2ncn[nH]2)N=N1. The van der Waals surface area contributed by atoms with Crippen LogP contribution in [0.5, 0.6) is 0 Å². The van der Waals surface area contributed by atoms with Crippen LogP contribution < -0.4 is 16.7 Å². The van der Waals surface area contributed by atoms with Crippen LogP contribution in [0.2, 0.25) is 0 Å². The van der Waals surface area contributed by atoms with Crippen molar-refractivity contribution < 1.29 is 10.1 Å². The molecule has 1 unspecified atom stereocenters. The minimum atomic E-state index is -1.83. The summed E-state index contributed by atoms with van der Waals surface area (Å²) in [6, 6.07) is 0. The largest absolute Gasteiger partial charge is 0.367 e. The van der Waals surface area contributed by atoms with Crippen LogP contribution in [0.25, 0.3) is 0 Å². The van der Waals surface area contributed by atoms with Gasteiger partial charge in [0.1, 0.15) is 6.33 Å². The summed E-state index contributed by atoms with van der Waals surface area (Å²) < 4.78 is 0. The quantitative estimate of drug-likeness (QED) is 0.315. The Morgan fingerprint density at radius 1 is 1.40 bits per heavy atom. The first-order valence-corrected chi connectivity index (χ1v) is 4.70. The summed E-state index contributed by atoms with van der Waals surface area (Å²) in [4.78, 5) is 28.3. The Morgan fingerprint density at radius 3 is 2.55 bits per heavy atom. The highest BCUT2D eigenvalue weighted by Gasteiger charge is 2.42. The lowest BCUT2D eigenvalue weighted by Gasteiger charge is -2.19. The molecule has 0 aliphatic carbocycles. The number of hydrogen-bond donors (Lipinski definition) is 4. The van der Waals surface area contributed by atoms with Crippen LogP contribution in [-0.2, 0) is 5.79 Å². The Hall–Kier alpha value is -3.27. The van der Waals surface area contributed by atoms with Crippen LogP contribution in [0.15, 0.2) is 21.5 Å². The van der Waals surface area contributed by atoms with Crippen LogP contribution in [0.4, 0.5) is 0 Å². The number of H-pyrrole nitrogens is 1. The van der Waals surface area contributed by atoms with Gasteiger partial charge in [-0.25, -0.2) is 25.2 Å². The average molecular weight is 286 g/mol. The van der Waals surface area contributed by atoms with E-state index in [1.807, 2.05) is 0 Å². The molecule has 1 aliphatic heterocycles. The summed E-state index contributed by atoms with van der Waals surface area (Å²) in [6.45, 7) is 0. The van der Waals surface area contributed by atoms with Crippen LogP contribution in [0.1, 0.15) is 5.82 Å². The fourth-order valence-electron chi connectivity index (χ4n) is 1.19. The Balaban J connectivity index is 2.22. The lowest BCUT2D eigenvalue weighted by atomic mass is 10.4. The fraction of sp³-hybridized carbons (Fsp3) is 0.250. The minimum absolute atomic E-state index is 0.0409. The average Bonchev–Trinajstić information content (AvgIpc) is 2.98. The van der Waals surface area contributed by atoms with Gasteiger partial charge >= 0.3 is 5.79 Å². The molecule has 0 fully saturated rings. The number of nitrogens with zero attached hydrogens (tertiary/aromatic N) is 8. The Bertz CT molecular complexity index is 564. The summed E-state index contributed by atoms with van der Waals surface area (Å²) in [5, 5.41) is 30.6. The zero-order valence-electron chi connectivity index (χ0n) is 9.37. The van der Waals surface area contributed by atoms with Crippen molar-refractivity contribution in [2.24, 2.45) is 21.0 Å². The van der Waals surface area contributed by atoms with Gasteiger partial charge in [0.25, 0.3) is 5.23 Å². The van der Waals surface area contributed by atoms with Gasteiger partial charge in [-0.1, -0.05) is 0 Å². The van der Waals surface area contributed by atoms with Crippen LogP contribution in [-0.4, -0.2) is 36.4 Å². The van der Waals surface area contributed by atoms with E-state index in [4.69, 9.17) is 5.73 Å². The van der Waals surface area contributed by atoms with E-state index in [1.54, 1.807) is 5.53 Å². The van der Waals surface area contributed by atoms with Crippen molar-refractivity contribution in [2.75, 3.05) is 0 Å². The smallest absolute Gasteiger partial charge is 0.302 e. The van der Waals surface area contributed by atoms with Gasteiger partial charge in [0.2, 0.25) is 16.0 Å². The normalized spacial score (nSPS) is 20.7. The van der Waals surface area contributed by atoms with Crippen molar-refractivity contribution in [3.05, 3.63) is 32.4 Å². The predicted molar refractivity (Wildman–Crippen MR) is 56.6 cm³/mol. The molecule has 1 atom stereocenters. The summed E-state index contributed by atoms with van der Waals surface area (Å²) in [5.41, 5.74) is 9.13. The molecule has 1 aromatic heterocycles. The third kappa shape index (κ3) is 2.30. The van der Waals surface area contributed by atoms with E-state index < -0.39 is 21.1 Å². The molecule has 16 heteroatoms. The fourth-order valence-corrected chi connectivity index (χ4v) is 1.19. The number of guanidine groups is 1. The van der Waals surface area contributed by atoms with E-state index in [2.05, 4.69) is 35.8 Å². The van der Waals surface area contributed by atoms with E-state index in [1.165, 1.54) is 0 Å². The Morgan fingerprint density at radius 2 is 2.10 bits per heavy atom. The van der Waals surface area contributed by atoms with Crippen LogP contribution in [0, 0.1) is 20.2 Å². The first-order valence-electron chi connectivity index (χ1n) is 4.70. The number of hydrazine groups is 4. The zero-order valence-corrected chi connectivity index (χ0v) is 9.37. The van der Waals surface area contributed by atoms with Crippen LogP contribution >= 0.6 is 0 Å². The molecule has 0 saturated heterocycles. The van der Waals surface area contributed by atoms with Gasteiger partial charge in [-0.15, -0.1) is 10.2 Å². The standard InChI is InChI=1S/C4H6N12O4/c5-3-8-4(11-10-3,2-6-1-7-9-2)12-13-14(15(17)18)16(19)20/h1,12-13H,(H2,5,8)(H,6,7,9). The highest BCUT2D eigenvalue weighted by molar-refractivity contribution is 5.79. The lowest BCUT2D eigenvalue weighted by molar-refractivity contribution is -0.923. The molecule has 0 saturated carbocycles. The first kappa shape index (κ1) is 13.2. The third-order valence-corrected chi connectivity index (χ3v) is 1.96. The van der Waals surface area contributed by atoms with Gasteiger partial charge in [0.05, 0.1) is 0 Å². The number of aromatic amines is 1. The molecule has 1 aliphatic rings. The maximum absolute atomic E-state index is 10.4. The molecule has 2 rings (SSSR count). The molecule has 2 heterocycles. The number of rotatable bonds is 6. The highest BCUT2D eigenvalue weighted by Crippen LogP contribution is 2.24. The molecule has 5 N–H and O–H groups in total. The molecule has 0 radical (unpaired) electrons. The maximum Gasteiger partial charge on any atom is 0.302 e. The monoisotopic (exact) mass is 286 g/mol. The van der Waals surface area contributed by atoms with Gasteiger partial charge < -0.3 is 5.73 Å². The molecule has 1 aromatic rings. The Labute approximate surface area is 108 Å². The molecule has 0 bridgehead atoms. The van der Waals surface area contributed by atoms with Crippen LogP contribution in [0.3, 0.4) is 0 Å². The topological polar surface area (TPSA) is 218 Å². The number of azo groups is 1. The minimum Gasteiger partial charge on any atom is -0.367 e. The van der Waals surface area contributed by atoms with Crippen molar-refractivity contribution in [3.63, 3.8) is 0 Å². The second kappa shape index (κ2) is 4.78. The maximum atomic E-state index is 10.4. The summed E-state index contributed by atoms with van der Waals surface area (Å²) in [6.07, 6.45) is 1.11. The first-order chi connectivity index (χ1) is 9.44. The van der Waals surface area contributed by atoms with Gasteiger partial charge in [-0.2, -0.15) is 15.5 Å². The van der Waals surface area contributed by atoms with Crippen molar-refractivity contribution >= 4 is 5.96 Å². The van der Waals surface area contributed by atoms with Crippen molar-refractivity contribution in [1.82, 2.24) is 31.4 Å². The van der Waals surface area contributed by atoms with E-state index >= 15 is 0 Å². The number of aromatic nitrogens is 3. The number of aliphatic imine (C=N–C) groups is 1. The number of nitrogens with two attached hydrogens (primary N) is 1. The zero-order chi connectivity index (χ0) is 14.8. The Kier molecular flexibility index (Phi) is 3.15. The van der Waals surface area contributed by atoms with Gasteiger partial charge in [-0.05, 0) is 5.53 Å². The predicted octanol–water partition coefficient (Wildman–Crippen LogP) is -2.61. The van der Waals surface area contributed by atoms with E-state index in [0.29, 0.717) is 0 Å². The molecule has 0 spiro atoms. The van der Waals surface area contributed by atoms with E-state index in [0.717, 1.165) is 6.33 Å². The molecule has 16 nitrogen and oxygen atoms in total. The van der Waals surface area contributed by atoms with E-state index in [9.17, 15) is 20.2 Å². The second-order valence-electron chi connectivity index (χ2n) is 3.18. The van der Waals surface area contributed by atoms with Gasteiger partial charge in [0.15, 0.2) is 5.82 Å². The third-order valence-electron chi connectivity index (χ3n) is 1.96. The van der Waals surface area contributed by atoms with Crippen molar-refractivity contribution in [1.29, 1.82) is 0 Å². The van der Waals surface area contributed by atoms with Gasteiger partial charge in [0, 0.05) is 0 Å². The molecule has 0 amide bonds. The molecular weight excluding hydrogens is 280 g/mol. The summed E-state index contributed by atoms with van der Waals surface area (Å²) in [7, 11) is 0. The summed E-state index contributed by atoms with van der Waals surface area (Å²) >= 11 is 0. The molecule has 0 aromatic carbocycles. The lowest BCUT2D eigenvalue weighted by Crippen LogP contribution is -2.58. The second-order valence-corrected chi connectivity index (χ2v) is 3.18. The summed E-state index contributed by atoms with van der Waals surface area (Å²) in [5.74, 6) is -2.13. The van der Waals surface area contributed by atoms with Crippen molar-refractivity contribution in [2.45, 2.75) is 5.79 Å².